The summed E-state index contributed by atoms with van der Waals surface area (Å²) in [5, 5.41) is 4.93. The fourth-order valence-corrected chi connectivity index (χ4v) is 4.53. The van der Waals surface area contributed by atoms with Gasteiger partial charge in [-0.2, -0.15) is 4.31 Å². The molecule has 1 aliphatic rings. The normalized spacial score (nSPS) is 16.0. The molecule has 0 unspecified atom stereocenters. The molecule has 0 saturated carbocycles. The first kappa shape index (κ1) is 23.3. The number of nitrogens with zero attached hydrogens (tertiary/aromatic N) is 2. The molecule has 9 heteroatoms. The van der Waals surface area contributed by atoms with Crippen molar-refractivity contribution in [2.45, 2.75) is 38.5 Å². The van der Waals surface area contributed by atoms with E-state index < -0.39 is 22.0 Å². The van der Waals surface area contributed by atoms with Crippen LogP contribution < -0.4 is 10.6 Å². The second-order valence-electron chi connectivity index (χ2n) is 7.73. The zero-order valence-corrected chi connectivity index (χ0v) is 18.3. The lowest BCUT2D eigenvalue weighted by atomic mass is 10.1. The Morgan fingerprint density at radius 2 is 1.69 bits per heavy atom. The van der Waals surface area contributed by atoms with E-state index in [1.807, 2.05) is 30.9 Å². The number of hydrogen-bond donors (Lipinski definition) is 2. The van der Waals surface area contributed by atoms with Crippen LogP contribution in [0.1, 0.15) is 32.8 Å². The number of imide groups is 1. The van der Waals surface area contributed by atoms with Crippen LogP contribution in [-0.4, -0.2) is 68.8 Å². The number of rotatable bonds is 8. The van der Waals surface area contributed by atoms with Crippen LogP contribution in [0.4, 0.5) is 4.79 Å². The third kappa shape index (κ3) is 7.09. The van der Waals surface area contributed by atoms with Crippen molar-refractivity contribution >= 4 is 22.0 Å². The maximum atomic E-state index is 12.8. The molecule has 162 valence electrons. The number of benzene rings is 1. The van der Waals surface area contributed by atoms with Crippen molar-refractivity contribution in [1.29, 1.82) is 0 Å². The van der Waals surface area contributed by atoms with Gasteiger partial charge in [0.1, 0.15) is 0 Å². The van der Waals surface area contributed by atoms with Gasteiger partial charge < -0.3 is 5.32 Å². The van der Waals surface area contributed by atoms with Gasteiger partial charge in [0.25, 0.3) is 0 Å². The topological polar surface area (TPSA) is 98.8 Å². The predicted molar refractivity (Wildman–Crippen MR) is 112 cm³/mol. The summed E-state index contributed by atoms with van der Waals surface area (Å²) in [6, 6.07) is 6.55. The monoisotopic (exact) mass is 424 g/mol. The molecule has 1 aromatic carbocycles. The van der Waals surface area contributed by atoms with Crippen molar-refractivity contribution in [1.82, 2.24) is 19.8 Å². The van der Waals surface area contributed by atoms with E-state index in [1.165, 1.54) is 4.31 Å². The van der Waals surface area contributed by atoms with Crippen LogP contribution in [0.15, 0.2) is 29.2 Å². The molecule has 8 nitrogen and oxygen atoms in total. The Kier molecular flexibility index (Phi) is 8.60. The zero-order valence-electron chi connectivity index (χ0n) is 17.5. The van der Waals surface area contributed by atoms with Gasteiger partial charge in [0.15, 0.2) is 0 Å². The van der Waals surface area contributed by atoms with E-state index in [0.717, 1.165) is 18.4 Å². The highest BCUT2D eigenvalue weighted by molar-refractivity contribution is 7.89. The molecular formula is C20H32N4O4S. The van der Waals surface area contributed by atoms with Gasteiger partial charge >= 0.3 is 6.03 Å². The highest BCUT2D eigenvalue weighted by atomic mass is 32.2. The fourth-order valence-electron chi connectivity index (χ4n) is 3.10. The maximum Gasteiger partial charge on any atom is 0.321 e. The molecule has 29 heavy (non-hydrogen) atoms. The van der Waals surface area contributed by atoms with Crippen LogP contribution in [-0.2, 0) is 21.2 Å². The van der Waals surface area contributed by atoms with Gasteiger partial charge in [-0.3, -0.25) is 15.0 Å². The molecule has 0 spiro atoms. The summed E-state index contributed by atoms with van der Waals surface area (Å²) < 4.78 is 27.1. The Bertz CT molecular complexity index is 785. The van der Waals surface area contributed by atoms with E-state index in [0.29, 0.717) is 43.5 Å². The molecule has 1 heterocycles. The second-order valence-corrected chi connectivity index (χ2v) is 9.66. The van der Waals surface area contributed by atoms with E-state index in [-0.39, 0.29) is 6.54 Å². The molecule has 1 fully saturated rings. The Hall–Kier alpha value is -1.97. The first-order chi connectivity index (χ1) is 13.7. The highest BCUT2D eigenvalue weighted by Crippen LogP contribution is 2.18. The van der Waals surface area contributed by atoms with Crippen LogP contribution in [0.3, 0.4) is 0 Å². The number of amides is 3. The molecule has 0 aliphatic carbocycles. The van der Waals surface area contributed by atoms with Crippen molar-refractivity contribution in [3.8, 4) is 0 Å². The predicted octanol–water partition coefficient (Wildman–Crippen LogP) is 1.43. The van der Waals surface area contributed by atoms with Gasteiger partial charge in [0.2, 0.25) is 15.9 Å². The Morgan fingerprint density at radius 3 is 2.24 bits per heavy atom. The molecular weight excluding hydrogens is 392 g/mol. The lowest BCUT2D eigenvalue weighted by Gasteiger charge is -2.33. The summed E-state index contributed by atoms with van der Waals surface area (Å²) in [5.41, 5.74) is 1.12. The lowest BCUT2D eigenvalue weighted by molar-refractivity contribution is -0.121. The third-order valence-corrected chi connectivity index (χ3v) is 6.63. The van der Waals surface area contributed by atoms with Gasteiger partial charge in [-0.1, -0.05) is 39.3 Å². The van der Waals surface area contributed by atoms with E-state index in [2.05, 4.69) is 17.6 Å². The largest absolute Gasteiger partial charge is 0.338 e. The Morgan fingerprint density at radius 1 is 1.07 bits per heavy atom. The lowest BCUT2D eigenvalue weighted by Crippen LogP contribution is -2.52. The smallest absolute Gasteiger partial charge is 0.321 e. The second kappa shape index (κ2) is 10.7. The van der Waals surface area contributed by atoms with Gasteiger partial charge in [0.05, 0.1) is 11.4 Å². The van der Waals surface area contributed by atoms with Crippen LogP contribution in [0, 0.1) is 5.92 Å². The van der Waals surface area contributed by atoms with E-state index in [1.54, 1.807) is 12.1 Å². The van der Waals surface area contributed by atoms with E-state index in [4.69, 9.17) is 0 Å². The average molecular weight is 425 g/mol. The van der Waals surface area contributed by atoms with E-state index in [9.17, 15) is 18.0 Å². The average Bonchev–Trinajstić information content (AvgIpc) is 2.67. The third-order valence-electron chi connectivity index (χ3n) is 4.72. The highest BCUT2D eigenvalue weighted by Gasteiger charge is 2.29. The Balaban J connectivity index is 1.83. The first-order valence-electron chi connectivity index (χ1n) is 10.1. The number of urea groups is 1. The minimum absolute atomic E-state index is 0.0642. The Labute approximate surface area is 173 Å². The maximum absolute atomic E-state index is 12.8. The summed E-state index contributed by atoms with van der Waals surface area (Å²) in [6.07, 6.45) is 1.94. The van der Waals surface area contributed by atoms with Crippen LogP contribution in [0.25, 0.3) is 0 Å². The minimum atomic E-state index is -3.54. The van der Waals surface area contributed by atoms with Gasteiger partial charge in [-0.25, -0.2) is 13.2 Å². The molecule has 1 saturated heterocycles. The standard InChI is InChI=1S/C20H32N4O4S/c1-4-5-17-6-8-18(9-7-17)29(27,28)24-12-10-23(11-13-24)15-19(25)22-20(26)21-14-16(2)3/h6-9,16H,4-5,10-15H2,1-3H3,(H2,21,22,25,26). The quantitative estimate of drug-likeness (QED) is 0.658. The molecule has 0 radical (unpaired) electrons. The number of aryl methyl sites for hydroxylation is 1. The molecule has 2 N–H and O–H groups in total. The summed E-state index contributed by atoms with van der Waals surface area (Å²) in [5.74, 6) is -0.0946. The summed E-state index contributed by atoms with van der Waals surface area (Å²) in [7, 11) is -3.54. The van der Waals surface area contributed by atoms with Crippen LogP contribution in [0.5, 0.6) is 0 Å². The number of carbonyl (C=O) groups excluding carboxylic acids is 2. The SMILES string of the molecule is CCCc1ccc(S(=O)(=O)N2CCN(CC(=O)NC(=O)NCC(C)C)CC2)cc1. The van der Waals surface area contributed by atoms with Crippen molar-refractivity contribution in [2.75, 3.05) is 39.3 Å². The van der Waals surface area contributed by atoms with Crippen molar-refractivity contribution in [2.24, 2.45) is 5.92 Å². The summed E-state index contributed by atoms with van der Waals surface area (Å²) in [4.78, 5) is 25.8. The number of hydrogen-bond acceptors (Lipinski definition) is 5. The first-order valence-corrected chi connectivity index (χ1v) is 11.6. The number of nitrogens with one attached hydrogen (secondary N) is 2. The molecule has 2 rings (SSSR count). The fraction of sp³-hybridized carbons (Fsp3) is 0.600. The van der Waals surface area contributed by atoms with Crippen molar-refractivity contribution in [3.05, 3.63) is 29.8 Å². The number of piperazine rings is 1. The van der Waals surface area contributed by atoms with Crippen LogP contribution in [0.2, 0.25) is 0 Å². The summed E-state index contributed by atoms with van der Waals surface area (Å²) in [6.45, 7) is 8.08. The van der Waals surface area contributed by atoms with Gasteiger partial charge in [0, 0.05) is 32.7 Å². The number of carbonyl (C=O) groups is 2. The van der Waals surface area contributed by atoms with Crippen molar-refractivity contribution in [3.63, 3.8) is 0 Å². The van der Waals surface area contributed by atoms with Crippen molar-refractivity contribution < 1.29 is 18.0 Å². The molecule has 1 aromatic rings. The summed E-state index contributed by atoms with van der Waals surface area (Å²) >= 11 is 0. The van der Waals surface area contributed by atoms with E-state index >= 15 is 0 Å². The molecule has 0 bridgehead atoms. The minimum Gasteiger partial charge on any atom is -0.338 e. The molecule has 0 atom stereocenters. The molecule has 3 amide bonds. The van der Waals surface area contributed by atoms with Gasteiger partial charge in [-0.15, -0.1) is 0 Å². The molecule has 1 aliphatic heterocycles. The molecule has 0 aromatic heterocycles. The van der Waals surface area contributed by atoms with Crippen LogP contribution >= 0.6 is 0 Å². The zero-order chi connectivity index (χ0) is 21.4. The van der Waals surface area contributed by atoms with Gasteiger partial charge in [-0.05, 0) is 30.0 Å². The number of sulfonamides is 1.